The van der Waals surface area contributed by atoms with Gasteiger partial charge in [0.05, 0.1) is 11.3 Å². The number of carbonyl (C=O) groups is 4. The highest BCUT2D eigenvalue weighted by atomic mass is 16.4. The van der Waals surface area contributed by atoms with Crippen LogP contribution >= 0.6 is 0 Å². The lowest BCUT2D eigenvalue weighted by atomic mass is 9.83. The molecule has 2 aromatic carbocycles. The quantitative estimate of drug-likeness (QED) is 0.745. The zero-order valence-corrected chi connectivity index (χ0v) is 13.2. The summed E-state index contributed by atoms with van der Waals surface area (Å²) in [5.41, 5.74) is 1.37. The first-order valence-corrected chi connectivity index (χ1v) is 7.82. The molecule has 0 bridgehead atoms. The fourth-order valence-electron chi connectivity index (χ4n) is 2.86. The highest BCUT2D eigenvalue weighted by Gasteiger charge is 2.31. The van der Waals surface area contributed by atoms with Crippen LogP contribution in [0.15, 0.2) is 42.5 Å². The standard InChI is InChI=1S/C19H15NO5/c21-15(9-4-10-16(22)23)20-14-8-3-7-13-17(14)19(25)12-6-2-1-5-11(12)18(13)24/h1-3,5-8H,4,9-10H2,(H,20,21)(H,22,23). The lowest BCUT2D eigenvalue weighted by molar-refractivity contribution is -0.137. The molecular formula is C19H15NO5. The molecule has 0 radical (unpaired) electrons. The van der Waals surface area contributed by atoms with Gasteiger partial charge in [0.1, 0.15) is 0 Å². The molecule has 1 amide bonds. The van der Waals surface area contributed by atoms with Gasteiger partial charge in [-0.05, 0) is 12.5 Å². The summed E-state index contributed by atoms with van der Waals surface area (Å²) in [4.78, 5) is 47.9. The predicted molar refractivity (Wildman–Crippen MR) is 89.9 cm³/mol. The average Bonchev–Trinajstić information content (AvgIpc) is 2.59. The predicted octanol–water partition coefficient (Wildman–Crippen LogP) is 2.66. The molecule has 0 aliphatic heterocycles. The van der Waals surface area contributed by atoms with Gasteiger partial charge in [0.15, 0.2) is 11.6 Å². The number of ketones is 2. The van der Waals surface area contributed by atoms with Gasteiger partial charge in [-0.2, -0.15) is 0 Å². The van der Waals surface area contributed by atoms with E-state index in [0.717, 1.165) is 0 Å². The fraction of sp³-hybridized carbons (Fsp3) is 0.158. The molecule has 2 N–H and O–H groups in total. The Morgan fingerprint density at radius 1 is 0.840 bits per heavy atom. The minimum Gasteiger partial charge on any atom is -0.481 e. The van der Waals surface area contributed by atoms with Crippen LogP contribution in [0.2, 0.25) is 0 Å². The van der Waals surface area contributed by atoms with Gasteiger partial charge >= 0.3 is 5.97 Å². The number of fused-ring (bicyclic) bond motifs is 2. The van der Waals surface area contributed by atoms with Crippen LogP contribution in [0.25, 0.3) is 0 Å². The van der Waals surface area contributed by atoms with Crippen LogP contribution in [0.3, 0.4) is 0 Å². The Balaban J connectivity index is 1.89. The molecule has 0 saturated carbocycles. The summed E-state index contributed by atoms with van der Waals surface area (Å²) < 4.78 is 0. The third-order valence-corrected chi connectivity index (χ3v) is 4.02. The topological polar surface area (TPSA) is 101 Å². The normalized spacial score (nSPS) is 12.3. The van der Waals surface area contributed by atoms with Crippen molar-refractivity contribution in [2.45, 2.75) is 19.3 Å². The number of nitrogens with one attached hydrogen (secondary N) is 1. The minimum absolute atomic E-state index is 0.0225. The monoisotopic (exact) mass is 337 g/mol. The van der Waals surface area contributed by atoms with Gasteiger partial charge in [-0.15, -0.1) is 0 Å². The van der Waals surface area contributed by atoms with E-state index in [4.69, 9.17) is 5.11 Å². The van der Waals surface area contributed by atoms with Crippen molar-refractivity contribution in [1.82, 2.24) is 0 Å². The van der Waals surface area contributed by atoms with Crippen molar-refractivity contribution in [1.29, 1.82) is 0 Å². The van der Waals surface area contributed by atoms with Crippen molar-refractivity contribution < 1.29 is 24.3 Å². The van der Waals surface area contributed by atoms with Crippen LogP contribution in [0.1, 0.15) is 51.1 Å². The zero-order valence-electron chi connectivity index (χ0n) is 13.2. The number of rotatable bonds is 5. The number of benzene rings is 2. The summed E-state index contributed by atoms with van der Waals surface area (Å²) in [5.74, 6) is -1.94. The maximum Gasteiger partial charge on any atom is 0.303 e. The molecule has 126 valence electrons. The average molecular weight is 337 g/mol. The number of carbonyl (C=O) groups excluding carboxylic acids is 3. The molecule has 0 fully saturated rings. The Labute approximate surface area is 143 Å². The summed E-state index contributed by atoms with van der Waals surface area (Å²) in [5, 5.41) is 11.2. The van der Waals surface area contributed by atoms with E-state index in [0.29, 0.717) is 11.1 Å². The lowest BCUT2D eigenvalue weighted by Crippen LogP contribution is -2.23. The van der Waals surface area contributed by atoms with E-state index in [-0.39, 0.29) is 47.6 Å². The first-order chi connectivity index (χ1) is 12.0. The summed E-state index contributed by atoms with van der Waals surface area (Å²) >= 11 is 0. The van der Waals surface area contributed by atoms with Gasteiger partial charge in [0, 0.05) is 29.5 Å². The summed E-state index contributed by atoms with van der Waals surface area (Å²) in [6.45, 7) is 0. The van der Waals surface area contributed by atoms with E-state index >= 15 is 0 Å². The second-order valence-corrected chi connectivity index (χ2v) is 5.73. The number of anilines is 1. The molecule has 1 aliphatic rings. The summed E-state index contributed by atoms with van der Waals surface area (Å²) in [6, 6.07) is 11.3. The molecule has 0 unspecified atom stereocenters. The van der Waals surface area contributed by atoms with E-state index in [1.54, 1.807) is 42.5 Å². The SMILES string of the molecule is O=C(O)CCCC(=O)Nc1cccc2c1C(=O)c1ccccc1C2=O. The number of hydrogen-bond acceptors (Lipinski definition) is 4. The molecule has 0 atom stereocenters. The number of hydrogen-bond donors (Lipinski definition) is 2. The molecule has 6 heteroatoms. The second kappa shape index (κ2) is 6.68. The Hall–Kier alpha value is -3.28. The second-order valence-electron chi connectivity index (χ2n) is 5.73. The van der Waals surface area contributed by atoms with Crippen molar-refractivity contribution in [2.24, 2.45) is 0 Å². The van der Waals surface area contributed by atoms with Gasteiger partial charge < -0.3 is 10.4 Å². The summed E-state index contributed by atoms with van der Waals surface area (Å²) in [7, 11) is 0. The van der Waals surface area contributed by atoms with Crippen molar-refractivity contribution in [3.8, 4) is 0 Å². The van der Waals surface area contributed by atoms with E-state index < -0.39 is 11.9 Å². The molecule has 0 heterocycles. The van der Waals surface area contributed by atoms with Gasteiger partial charge in [-0.3, -0.25) is 19.2 Å². The molecule has 2 aromatic rings. The van der Waals surface area contributed by atoms with Crippen molar-refractivity contribution in [3.05, 3.63) is 64.7 Å². The van der Waals surface area contributed by atoms with Crippen LogP contribution < -0.4 is 5.32 Å². The van der Waals surface area contributed by atoms with Crippen LogP contribution in [-0.2, 0) is 9.59 Å². The largest absolute Gasteiger partial charge is 0.481 e. The van der Waals surface area contributed by atoms with Crippen molar-refractivity contribution in [3.63, 3.8) is 0 Å². The Morgan fingerprint density at radius 2 is 1.48 bits per heavy atom. The lowest BCUT2D eigenvalue weighted by Gasteiger charge is -2.20. The van der Waals surface area contributed by atoms with E-state index in [9.17, 15) is 19.2 Å². The molecule has 25 heavy (non-hydrogen) atoms. The van der Waals surface area contributed by atoms with Crippen molar-refractivity contribution >= 4 is 29.1 Å². The highest BCUT2D eigenvalue weighted by molar-refractivity contribution is 6.30. The Bertz CT molecular complexity index is 900. The van der Waals surface area contributed by atoms with Gasteiger partial charge in [-0.1, -0.05) is 36.4 Å². The van der Waals surface area contributed by atoms with E-state index in [1.165, 1.54) is 0 Å². The molecule has 0 aromatic heterocycles. The number of aliphatic carboxylic acids is 1. The van der Waals surface area contributed by atoms with E-state index in [2.05, 4.69) is 5.32 Å². The van der Waals surface area contributed by atoms with Gasteiger partial charge in [0.25, 0.3) is 0 Å². The third kappa shape index (κ3) is 3.19. The zero-order chi connectivity index (χ0) is 18.0. The fourth-order valence-corrected chi connectivity index (χ4v) is 2.86. The maximum absolute atomic E-state index is 12.8. The first-order valence-electron chi connectivity index (χ1n) is 7.82. The Morgan fingerprint density at radius 3 is 2.16 bits per heavy atom. The van der Waals surface area contributed by atoms with Gasteiger partial charge in [-0.25, -0.2) is 0 Å². The van der Waals surface area contributed by atoms with Crippen LogP contribution in [0.4, 0.5) is 5.69 Å². The molecule has 6 nitrogen and oxygen atoms in total. The third-order valence-electron chi connectivity index (χ3n) is 4.02. The number of carboxylic acid groups (broad SMARTS) is 1. The molecule has 3 rings (SSSR count). The minimum atomic E-state index is -0.970. The Kier molecular flexibility index (Phi) is 4.43. The van der Waals surface area contributed by atoms with Crippen LogP contribution in [0, 0.1) is 0 Å². The van der Waals surface area contributed by atoms with Crippen LogP contribution in [-0.4, -0.2) is 28.5 Å². The molecule has 0 spiro atoms. The van der Waals surface area contributed by atoms with E-state index in [1.807, 2.05) is 0 Å². The highest BCUT2D eigenvalue weighted by Crippen LogP contribution is 2.31. The molecule has 1 aliphatic carbocycles. The summed E-state index contributed by atoms with van der Waals surface area (Å²) in [6.07, 6.45) is 0.117. The number of carboxylic acids is 1. The van der Waals surface area contributed by atoms with Gasteiger partial charge in [0.2, 0.25) is 5.91 Å². The van der Waals surface area contributed by atoms with Crippen molar-refractivity contribution in [2.75, 3.05) is 5.32 Å². The first kappa shape index (κ1) is 16.6. The number of amides is 1. The molecule has 0 saturated heterocycles. The van der Waals surface area contributed by atoms with Crippen LogP contribution in [0.5, 0.6) is 0 Å². The smallest absolute Gasteiger partial charge is 0.303 e. The maximum atomic E-state index is 12.8. The molecular weight excluding hydrogens is 322 g/mol.